The molecule has 7 nitrogen and oxygen atoms in total. The number of hydrogen-bond acceptors (Lipinski definition) is 4. The molecule has 0 aromatic carbocycles. The van der Waals surface area contributed by atoms with Gasteiger partial charge in [0.2, 0.25) is 0 Å². The third-order valence-corrected chi connectivity index (χ3v) is 2.88. The fourth-order valence-corrected chi connectivity index (χ4v) is 1.79. The minimum atomic E-state index is -0.133. The first-order valence-corrected chi connectivity index (χ1v) is 6.16. The quantitative estimate of drug-likeness (QED) is 0.286. The van der Waals surface area contributed by atoms with E-state index in [9.17, 15) is 4.79 Å². The number of amides is 2. The molecule has 1 saturated heterocycles. The maximum atomic E-state index is 12.1. The number of nitrogens with two attached hydrogens (primary N) is 1. The Morgan fingerprint density at radius 1 is 1.67 bits per heavy atom. The van der Waals surface area contributed by atoms with Crippen LogP contribution in [0.2, 0.25) is 0 Å². The molecule has 104 valence electrons. The van der Waals surface area contributed by atoms with Crippen LogP contribution in [0.15, 0.2) is 5.16 Å². The van der Waals surface area contributed by atoms with E-state index in [1.54, 1.807) is 4.90 Å². The minimum Gasteiger partial charge on any atom is -0.409 e. The molecule has 1 aliphatic rings. The van der Waals surface area contributed by atoms with Crippen LogP contribution in [0.25, 0.3) is 0 Å². The molecule has 1 heterocycles. The number of carbonyl (C=O) groups is 1. The van der Waals surface area contributed by atoms with Crippen molar-refractivity contribution in [3.63, 3.8) is 0 Å². The Bertz CT molecular complexity index is 301. The van der Waals surface area contributed by atoms with Crippen molar-refractivity contribution in [1.29, 1.82) is 0 Å². The topological polar surface area (TPSA) is 100 Å². The van der Waals surface area contributed by atoms with Crippen molar-refractivity contribution in [2.24, 2.45) is 10.9 Å². The van der Waals surface area contributed by atoms with Gasteiger partial charge in [-0.05, 0) is 20.3 Å². The van der Waals surface area contributed by atoms with E-state index in [1.165, 1.54) is 0 Å². The Kier molecular flexibility index (Phi) is 5.70. The summed E-state index contributed by atoms with van der Waals surface area (Å²) < 4.78 is 5.21. The first-order chi connectivity index (χ1) is 8.54. The highest BCUT2D eigenvalue weighted by molar-refractivity contribution is 5.81. The maximum Gasteiger partial charge on any atom is 0.317 e. The van der Waals surface area contributed by atoms with Crippen molar-refractivity contribution in [1.82, 2.24) is 10.2 Å². The number of rotatable bonds is 5. The van der Waals surface area contributed by atoms with E-state index >= 15 is 0 Å². The lowest BCUT2D eigenvalue weighted by Gasteiger charge is -2.28. The van der Waals surface area contributed by atoms with E-state index in [1.807, 2.05) is 13.8 Å². The van der Waals surface area contributed by atoms with Crippen LogP contribution in [-0.2, 0) is 4.74 Å². The van der Waals surface area contributed by atoms with Crippen LogP contribution in [-0.4, -0.2) is 53.8 Å². The van der Waals surface area contributed by atoms with Crippen LogP contribution in [0.1, 0.15) is 26.7 Å². The van der Waals surface area contributed by atoms with Gasteiger partial charge >= 0.3 is 6.03 Å². The van der Waals surface area contributed by atoms with Crippen LogP contribution in [0.4, 0.5) is 4.79 Å². The highest BCUT2D eigenvalue weighted by Gasteiger charge is 2.22. The smallest absolute Gasteiger partial charge is 0.317 e. The first-order valence-electron chi connectivity index (χ1n) is 6.16. The molecule has 1 aliphatic heterocycles. The van der Waals surface area contributed by atoms with Gasteiger partial charge in [0.1, 0.15) is 5.84 Å². The van der Waals surface area contributed by atoms with E-state index in [2.05, 4.69) is 10.5 Å². The highest BCUT2D eigenvalue weighted by Crippen LogP contribution is 2.06. The molecule has 0 bridgehead atoms. The molecule has 1 fully saturated rings. The number of nitrogens with zero attached hydrogens (tertiary/aromatic N) is 2. The van der Waals surface area contributed by atoms with E-state index in [4.69, 9.17) is 15.7 Å². The molecular formula is C11H22N4O3. The fraction of sp³-hybridized carbons (Fsp3) is 0.818. The van der Waals surface area contributed by atoms with Crippen LogP contribution in [0.5, 0.6) is 0 Å². The number of ether oxygens (including phenoxy) is 1. The van der Waals surface area contributed by atoms with E-state index < -0.39 is 0 Å². The molecular weight excluding hydrogens is 236 g/mol. The van der Waals surface area contributed by atoms with Crippen molar-refractivity contribution in [3.05, 3.63) is 0 Å². The van der Waals surface area contributed by atoms with E-state index in [0.29, 0.717) is 26.2 Å². The van der Waals surface area contributed by atoms with Crippen molar-refractivity contribution in [3.8, 4) is 0 Å². The molecule has 1 atom stereocenters. The summed E-state index contributed by atoms with van der Waals surface area (Å²) in [5.74, 6) is 0.123. The zero-order chi connectivity index (χ0) is 13.5. The molecule has 7 heteroatoms. The number of urea groups is 1. The van der Waals surface area contributed by atoms with Gasteiger partial charge in [-0.3, -0.25) is 0 Å². The van der Waals surface area contributed by atoms with Gasteiger partial charge in [0.15, 0.2) is 0 Å². The molecule has 0 spiro atoms. The summed E-state index contributed by atoms with van der Waals surface area (Å²) >= 11 is 0. The first kappa shape index (κ1) is 14.6. The summed E-state index contributed by atoms with van der Waals surface area (Å²) in [4.78, 5) is 13.7. The van der Waals surface area contributed by atoms with Gasteiger partial charge in [0, 0.05) is 25.6 Å². The number of hydrogen-bond donors (Lipinski definition) is 3. The average molecular weight is 258 g/mol. The summed E-state index contributed by atoms with van der Waals surface area (Å²) in [5, 5.41) is 14.3. The van der Waals surface area contributed by atoms with Crippen LogP contribution in [0, 0.1) is 0 Å². The van der Waals surface area contributed by atoms with Crippen LogP contribution in [0.3, 0.4) is 0 Å². The summed E-state index contributed by atoms with van der Waals surface area (Å²) in [6.45, 7) is 5.54. The van der Waals surface area contributed by atoms with Crippen molar-refractivity contribution in [2.75, 3.05) is 19.8 Å². The second-order valence-corrected chi connectivity index (χ2v) is 4.64. The fourth-order valence-electron chi connectivity index (χ4n) is 1.79. The lowest BCUT2D eigenvalue weighted by atomic mass is 10.2. The second-order valence-electron chi connectivity index (χ2n) is 4.64. The van der Waals surface area contributed by atoms with Crippen LogP contribution >= 0.6 is 0 Å². The number of amidine groups is 1. The zero-order valence-electron chi connectivity index (χ0n) is 10.9. The summed E-state index contributed by atoms with van der Waals surface area (Å²) in [7, 11) is 0. The Morgan fingerprint density at radius 3 is 2.89 bits per heavy atom. The molecule has 4 N–H and O–H groups in total. The van der Waals surface area contributed by atoms with Gasteiger partial charge in [-0.25, -0.2) is 4.79 Å². The third kappa shape index (κ3) is 4.40. The lowest BCUT2D eigenvalue weighted by molar-refractivity contribution is 0.170. The largest absolute Gasteiger partial charge is 0.409 e. The molecule has 1 unspecified atom stereocenters. The predicted octanol–water partition coefficient (Wildman–Crippen LogP) is 0.332. The van der Waals surface area contributed by atoms with Crippen LogP contribution < -0.4 is 11.1 Å². The normalized spacial score (nSPS) is 20.2. The number of oxime groups is 1. The van der Waals surface area contributed by atoms with Gasteiger partial charge in [0.25, 0.3) is 0 Å². The minimum absolute atomic E-state index is 0.0545. The van der Waals surface area contributed by atoms with Gasteiger partial charge in [-0.2, -0.15) is 0 Å². The monoisotopic (exact) mass is 258 g/mol. The molecule has 2 amide bonds. The van der Waals surface area contributed by atoms with Crippen molar-refractivity contribution in [2.45, 2.75) is 38.8 Å². The van der Waals surface area contributed by atoms with E-state index in [0.717, 1.165) is 6.42 Å². The molecule has 0 radical (unpaired) electrons. The molecule has 0 saturated carbocycles. The standard InChI is InChI=1S/C11H22N4O3/c1-8(2)15(5-3-10(12)14-17)11(16)13-9-4-6-18-7-9/h8-9,17H,3-7H2,1-2H3,(H2,12,14)(H,13,16). The van der Waals surface area contributed by atoms with Gasteiger partial charge in [-0.1, -0.05) is 5.16 Å². The summed E-state index contributed by atoms with van der Waals surface area (Å²) in [6, 6.07) is 0.00709. The summed E-state index contributed by atoms with van der Waals surface area (Å²) in [5.41, 5.74) is 5.41. The highest BCUT2D eigenvalue weighted by atomic mass is 16.5. The lowest BCUT2D eigenvalue weighted by Crippen LogP contribution is -2.48. The van der Waals surface area contributed by atoms with Gasteiger partial charge in [-0.15, -0.1) is 0 Å². The van der Waals surface area contributed by atoms with Gasteiger partial charge in [0.05, 0.1) is 12.6 Å². The molecule has 0 aliphatic carbocycles. The van der Waals surface area contributed by atoms with Gasteiger partial charge < -0.3 is 25.9 Å². The summed E-state index contributed by atoms with van der Waals surface area (Å²) in [6.07, 6.45) is 1.20. The Labute approximate surface area is 107 Å². The Balaban J connectivity index is 2.46. The molecule has 0 aromatic rings. The van der Waals surface area contributed by atoms with E-state index in [-0.39, 0.29) is 24.0 Å². The zero-order valence-corrected chi connectivity index (χ0v) is 10.9. The number of nitrogens with one attached hydrogen (secondary N) is 1. The van der Waals surface area contributed by atoms with Crippen molar-refractivity contribution >= 4 is 11.9 Å². The average Bonchev–Trinajstić information content (AvgIpc) is 2.81. The molecule has 1 rings (SSSR count). The Morgan fingerprint density at radius 2 is 2.39 bits per heavy atom. The maximum absolute atomic E-state index is 12.1. The third-order valence-electron chi connectivity index (χ3n) is 2.88. The second kappa shape index (κ2) is 7.05. The predicted molar refractivity (Wildman–Crippen MR) is 67.6 cm³/mol. The SMILES string of the molecule is CC(C)N(CCC(N)=NO)C(=O)NC1CCOC1. The van der Waals surface area contributed by atoms with Crippen molar-refractivity contribution < 1.29 is 14.7 Å². The Hall–Kier alpha value is -1.50. The molecule has 18 heavy (non-hydrogen) atoms. The number of carbonyl (C=O) groups excluding carboxylic acids is 1. The molecule has 0 aromatic heterocycles.